The fraction of sp³-hybridized carbons (Fsp3) is 0.0500. The Morgan fingerprint density at radius 2 is 1.84 bits per heavy atom. The van der Waals surface area contributed by atoms with Gasteiger partial charge in [0.05, 0.1) is 0 Å². The molecule has 0 radical (unpaired) electrons. The molecule has 1 amide bonds. The number of H-pyrrole nitrogens is 1. The van der Waals surface area contributed by atoms with E-state index in [1.54, 1.807) is 36.5 Å². The average Bonchev–Trinajstić information content (AvgIpc) is 3.04. The summed E-state index contributed by atoms with van der Waals surface area (Å²) in [5, 5.41) is 12.9. The molecule has 2 N–H and O–H groups in total. The monoisotopic (exact) mass is 329 g/mol. The first-order chi connectivity index (χ1) is 12.1. The van der Waals surface area contributed by atoms with Crippen LogP contribution in [0.25, 0.3) is 17.0 Å². The lowest BCUT2D eigenvalue weighted by atomic mass is 10.0. The number of aromatic amines is 1. The average molecular weight is 329 g/mol. The molecule has 5 nitrogen and oxygen atoms in total. The van der Waals surface area contributed by atoms with E-state index >= 15 is 0 Å². The van der Waals surface area contributed by atoms with Crippen LogP contribution in [0.1, 0.15) is 22.8 Å². The van der Waals surface area contributed by atoms with Crippen LogP contribution in [0.3, 0.4) is 0 Å². The Kier molecular flexibility index (Phi) is 4.44. The van der Waals surface area contributed by atoms with Crippen molar-refractivity contribution in [3.63, 3.8) is 0 Å². The third kappa shape index (κ3) is 3.48. The Morgan fingerprint density at radius 3 is 2.52 bits per heavy atom. The molecule has 1 heterocycles. The number of allylic oxidation sites excluding steroid dienone is 1. The smallest absolute Gasteiger partial charge is 0.221 e. The molecule has 0 aliphatic carbocycles. The second kappa shape index (κ2) is 6.85. The van der Waals surface area contributed by atoms with Crippen LogP contribution in [0.5, 0.6) is 0 Å². The molecule has 2 aromatic carbocycles. The van der Waals surface area contributed by atoms with Crippen molar-refractivity contribution in [1.82, 2.24) is 4.98 Å². The van der Waals surface area contributed by atoms with Gasteiger partial charge < -0.3 is 10.3 Å². The summed E-state index contributed by atoms with van der Waals surface area (Å²) >= 11 is 0. The summed E-state index contributed by atoms with van der Waals surface area (Å²) in [6.07, 6.45) is 3.17. The van der Waals surface area contributed by atoms with Crippen molar-refractivity contribution < 1.29 is 9.59 Å². The van der Waals surface area contributed by atoms with Crippen LogP contribution >= 0.6 is 0 Å². The molecule has 0 aliphatic rings. The van der Waals surface area contributed by atoms with Gasteiger partial charge in [0, 0.05) is 35.3 Å². The van der Waals surface area contributed by atoms with Crippen LogP contribution in [0.15, 0.2) is 60.3 Å². The van der Waals surface area contributed by atoms with Crippen molar-refractivity contribution in [3.8, 4) is 6.07 Å². The second-order valence-corrected chi connectivity index (χ2v) is 5.55. The van der Waals surface area contributed by atoms with Crippen LogP contribution < -0.4 is 5.32 Å². The van der Waals surface area contributed by atoms with Gasteiger partial charge in [-0.2, -0.15) is 5.26 Å². The van der Waals surface area contributed by atoms with Crippen molar-refractivity contribution in [2.45, 2.75) is 6.92 Å². The fourth-order valence-electron chi connectivity index (χ4n) is 2.59. The van der Waals surface area contributed by atoms with E-state index in [1.807, 2.05) is 30.3 Å². The number of anilines is 1. The zero-order chi connectivity index (χ0) is 17.8. The molecule has 3 aromatic rings. The summed E-state index contributed by atoms with van der Waals surface area (Å²) in [6, 6.07) is 16.4. The molecule has 0 spiro atoms. The lowest BCUT2D eigenvalue weighted by Gasteiger charge is -2.02. The molecule has 0 bridgehead atoms. The molecule has 0 aliphatic heterocycles. The van der Waals surface area contributed by atoms with Gasteiger partial charge in [-0.3, -0.25) is 9.59 Å². The molecule has 0 atom stereocenters. The number of carbonyl (C=O) groups is 2. The largest absolute Gasteiger partial charge is 0.360 e. The number of Topliss-reactive ketones (excluding diaryl/α,β-unsaturated/α-hetero) is 1. The Bertz CT molecular complexity index is 1020. The Labute approximate surface area is 144 Å². The number of ketones is 1. The summed E-state index contributed by atoms with van der Waals surface area (Å²) < 4.78 is 0. The van der Waals surface area contributed by atoms with Crippen molar-refractivity contribution in [2.75, 3.05) is 5.32 Å². The highest BCUT2D eigenvalue weighted by molar-refractivity contribution is 6.19. The molecule has 0 saturated carbocycles. The first-order valence-electron chi connectivity index (χ1n) is 7.69. The number of hydrogen-bond acceptors (Lipinski definition) is 3. The number of hydrogen-bond donors (Lipinski definition) is 2. The normalized spacial score (nSPS) is 11.1. The lowest BCUT2D eigenvalue weighted by molar-refractivity contribution is -0.114. The highest BCUT2D eigenvalue weighted by Gasteiger charge is 2.16. The van der Waals surface area contributed by atoms with Crippen LogP contribution in [0, 0.1) is 11.3 Å². The topological polar surface area (TPSA) is 85.8 Å². The van der Waals surface area contributed by atoms with Gasteiger partial charge in [0.25, 0.3) is 0 Å². The number of aromatic nitrogens is 1. The van der Waals surface area contributed by atoms with E-state index in [4.69, 9.17) is 0 Å². The maximum absolute atomic E-state index is 12.7. The van der Waals surface area contributed by atoms with Crippen molar-refractivity contribution >= 4 is 34.4 Å². The van der Waals surface area contributed by atoms with Crippen LogP contribution in [-0.2, 0) is 4.79 Å². The van der Waals surface area contributed by atoms with Crippen LogP contribution in [-0.4, -0.2) is 16.7 Å². The van der Waals surface area contributed by atoms with Gasteiger partial charge in [0.15, 0.2) is 0 Å². The maximum Gasteiger partial charge on any atom is 0.221 e. The fourth-order valence-corrected chi connectivity index (χ4v) is 2.59. The lowest BCUT2D eigenvalue weighted by Crippen LogP contribution is -2.05. The second-order valence-electron chi connectivity index (χ2n) is 5.55. The van der Waals surface area contributed by atoms with E-state index < -0.39 is 0 Å². The number of fused-ring (bicyclic) bond motifs is 1. The predicted octanol–water partition coefficient (Wildman–Crippen LogP) is 3.92. The van der Waals surface area contributed by atoms with E-state index in [0.29, 0.717) is 16.8 Å². The van der Waals surface area contributed by atoms with Gasteiger partial charge in [0.1, 0.15) is 11.6 Å². The zero-order valence-corrected chi connectivity index (χ0v) is 13.5. The van der Waals surface area contributed by atoms with Gasteiger partial charge >= 0.3 is 0 Å². The minimum absolute atomic E-state index is 0.0528. The Balaban J connectivity index is 1.91. The Morgan fingerprint density at radius 1 is 1.12 bits per heavy atom. The van der Waals surface area contributed by atoms with Crippen molar-refractivity contribution in [3.05, 3.63) is 71.4 Å². The number of amides is 1. The molecular formula is C20H15N3O2. The highest BCUT2D eigenvalue weighted by atomic mass is 16.1. The molecule has 0 unspecified atom stereocenters. The summed E-state index contributed by atoms with van der Waals surface area (Å²) in [6.45, 7) is 1.43. The van der Waals surface area contributed by atoms with E-state index in [2.05, 4.69) is 10.3 Å². The third-order valence-corrected chi connectivity index (χ3v) is 3.74. The number of rotatable bonds is 4. The van der Waals surface area contributed by atoms with Crippen molar-refractivity contribution in [1.29, 1.82) is 5.26 Å². The molecular weight excluding hydrogens is 314 g/mol. The number of benzene rings is 2. The van der Waals surface area contributed by atoms with Gasteiger partial charge in [-0.25, -0.2) is 0 Å². The molecule has 0 fully saturated rings. The van der Waals surface area contributed by atoms with Gasteiger partial charge in [0.2, 0.25) is 11.7 Å². The molecule has 25 heavy (non-hydrogen) atoms. The maximum atomic E-state index is 12.7. The number of para-hydroxylation sites is 1. The van der Waals surface area contributed by atoms with Crippen molar-refractivity contribution in [2.24, 2.45) is 0 Å². The van der Waals surface area contributed by atoms with Gasteiger partial charge in [-0.15, -0.1) is 0 Å². The zero-order valence-electron chi connectivity index (χ0n) is 13.5. The number of carbonyl (C=O) groups excluding carboxylic acids is 2. The van der Waals surface area contributed by atoms with Gasteiger partial charge in [-0.05, 0) is 29.8 Å². The summed E-state index contributed by atoms with van der Waals surface area (Å²) in [5.41, 5.74) is 2.74. The first kappa shape index (κ1) is 16.2. The Hall–Kier alpha value is -3.65. The SMILES string of the molecule is CC(=O)Nc1ccc(C=C(C#N)C(=O)c2c[nH]c3ccccc23)cc1. The number of nitrogens with one attached hydrogen (secondary N) is 2. The first-order valence-corrected chi connectivity index (χ1v) is 7.69. The number of nitriles is 1. The molecule has 3 rings (SSSR count). The molecule has 122 valence electrons. The van der Waals surface area contributed by atoms with E-state index in [1.165, 1.54) is 6.92 Å². The standard InChI is InChI=1S/C20H15N3O2/c1-13(24)23-16-8-6-14(7-9-16)10-15(11-21)20(25)18-12-22-19-5-3-2-4-17(18)19/h2-10,12,22H,1H3,(H,23,24). The molecule has 1 aromatic heterocycles. The quantitative estimate of drug-likeness (QED) is 0.432. The summed E-state index contributed by atoms with van der Waals surface area (Å²) in [7, 11) is 0. The van der Waals surface area contributed by atoms with E-state index in [9.17, 15) is 14.9 Å². The molecule has 5 heteroatoms. The minimum atomic E-state index is -0.328. The van der Waals surface area contributed by atoms with E-state index in [0.717, 1.165) is 10.9 Å². The van der Waals surface area contributed by atoms with E-state index in [-0.39, 0.29) is 17.3 Å². The molecule has 0 saturated heterocycles. The predicted molar refractivity (Wildman–Crippen MR) is 97.0 cm³/mol. The highest BCUT2D eigenvalue weighted by Crippen LogP contribution is 2.22. The third-order valence-electron chi connectivity index (χ3n) is 3.74. The summed E-state index contributed by atoms with van der Waals surface area (Å²) in [5.74, 6) is -0.485. The van der Waals surface area contributed by atoms with Crippen LogP contribution in [0.2, 0.25) is 0 Å². The minimum Gasteiger partial charge on any atom is -0.360 e. The number of nitrogens with zero attached hydrogens (tertiary/aromatic N) is 1. The summed E-state index contributed by atoms with van der Waals surface area (Å²) in [4.78, 5) is 26.8. The van der Waals surface area contributed by atoms with Crippen LogP contribution in [0.4, 0.5) is 5.69 Å². The van der Waals surface area contributed by atoms with Gasteiger partial charge in [-0.1, -0.05) is 30.3 Å².